The topological polar surface area (TPSA) is 67.3 Å². The first-order chi connectivity index (χ1) is 8.76. The van der Waals surface area contributed by atoms with Crippen molar-refractivity contribution >= 4 is 65.7 Å². The van der Waals surface area contributed by atoms with Crippen molar-refractivity contribution in [1.29, 1.82) is 0 Å². The lowest BCUT2D eigenvalue weighted by molar-refractivity contribution is -0.117. The van der Waals surface area contributed by atoms with Crippen LogP contribution >= 0.6 is 44.9 Å². The van der Waals surface area contributed by atoms with Crippen molar-refractivity contribution in [3.63, 3.8) is 0 Å². The maximum atomic E-state index is 11.9. The Balaban J connectivity index is 2.18. The van der Waals surface area contributed by atoms with Crippen LogP contribution in [0.25, 0.3) is 0 Å². The fraction of sp³-hybridized carbons (Fsp3) is 0.400. The van der Waals surface area contributed by atoms with Gasteiger partial charge in [-0.05, 0) is 22.6 Å². The number of hydrogen-bond donors (Lipinski definition) is 0. The van der Waals surface area contributed by atoms with E-state index in [-0.39, 0.29) is 30.5 Å². The van der Waals surface area contributed by atoms with Crippen LogP contribution in [0.15, 0.2) is 12.3 Å². The summed E-state index contributed by atoms with van der Waals surface area (Å²) in [5.41, 5.74) is 0. The van der Waals surface area contributed by atoms with E-state index < -0.39 is 9.05 Å². The van der Waals surface area contributed by atoms with Crippen LogP contribution in [0, 0.1) is 9.49 Å². The molecule has 2 rings (SSSR count). The summed E-state index contributed by atoms with van der Waals surface area (Å²) in [5.74, 6) is -0.260. The number of rotatable bonds is 3. The first kappa shape index (κ1) is 15.3. The van der Waals surface area contributed by atoms with Crippen LogP contribution in [0.3, 0.4) is 0 Å². The monoisotopic (exact) mass is 434 g/mol. The Labute approximate surface area is 133 Å². The lowest BCUT2D eigenvalue weighted by Gasteiger charge is -2.15. The number of nitrogens with zero attached hydrogens (tertiary/aromatic N) is 2. The highest BCUT2D eigenvalue weighted by molar-refractivity contribution is 14.1. The Morgan fingerprint density at radius 1 is 1.53 bits per heavy atom. The third kappa shape index (κ3) is 3.93. The molecule has 2 heterocycles. The molecule has 1 aromatic heterocycles. The van der Waals surface area contributed by atoms with Crippen LogP contribution in [-0.4, -0.2) is 31.6 Å². The molecule has 0 bridgehead atoms. The van der Waals surface area contributed by atoms with E-state index in [0.29, 0.717) is 10.8 Å². The summed E-state index contributed by atoms with van der Waals surface area (Å²) in [6.07, 6.45) is 1.72. The number of pyridine rings is 1. The number of amides is 1. The SMILES string of the molecule is O=C1CC(CS(=O)(=O)Cl)CN1c1cc(Cl)c(I)cn1. The molecule has 0 spiro atoms. The maximum Gasteiger partial charge on any atom is 0.232 e. The van der Waals surface area contributed by atoms with Crippen molar-refractivity contribution in [2.75, 3.05) is 17.2 Å². The van der Waals surface area contributed by atoms with E-state index in [1.165, 1.54) is 4.90 Å². The number of halogens is 3. The van der Waals surface area contributed by atoms with Crippen molar-refractivity contribution in [2.24, 2.45) is 5.92 Å². The van der Waals surface area contributed by atoms with Gasteiger partial charge in [-0.1, -0.05) is 11.6 Å². The second-order valence-electron chi connectivity index (χ2n) is 4.24. The van der Waals surface area contributed by atoms with Crippen molar-refractivity contribution < 1.29 is 13.2 Å². The minimum absolute atomic E-state index is 0.150. The van der Waals surface area contributed by atoms with E-state index in [0.717, 1.165) is 3.57 Å². The van der Waals surface area contributed by atoms with Crippen molar-refractivity contribution in [2.45, 2.75) is 6.42 Å². The van der Waals surface area contributed by atoms with Crippen LogP contribution < -0.4 is 4.90 Å². The van der Waals surface area contributed by atoms with E-state index in [1.54, 1.807) is 12.3 Å². The molecule has 0 aliphatic carbocycles. The molecule has 0 radical (unpaired) electrons. The molecule has 1 atom stereocenters. The first-order valence-corrected chi connectivity index (χ1v) is 9.23. The van der Waals surface area contributed by atoms with Crippen LogP contribution in [0.1, 0.15) is 6.42 Å². The largest absolute Gasteiger partial charge is 0.296 e. The van der Waals surface area contributed by atoms with E-state index in [9.17, 15) is 13.2 Å². The highest BCUT2D eigenvalue weighted by Crippen LogP contribution is 2.28. The predicted octanol–water partition coefficient (Wildman–Crippen LogP) is 2.26. The molecule has 1 aromatic rings. The van der Waals surface area contributed by atoms with Gasteiger partial charge in [0.2, 0.25) is 15.0 Å². The van der Waals surface area contributed by atoms with Crippen LogP contribution in [-0.2, 0) is 13.8 Å². The highest BCUT2D eigenvalue weighted by atomic mass is 127. The van der Waals surface area contributed by atoms with Crippen LogP contribution in [0.5, 0.6) is 0 Å². The van der Waals surface area contributed by atoms with Gasteiger partial charge < -0.3 is 0 Å². The predicted molar refractivity (Wildman–Crippen MR) is 82.1 cm³/mol. The zero-order valence-corrected chi connectivity index (χ0v) is 14.0. The molecule has 0 aromatic carbocycles. The summed E-state index contributed by atoms with van der Waals surface area (Å²) in [6, 6.07) is 1.60. The first-order valence-electron chi connectivity index (χ1n) is 5.30. The van der Waals surface area contributed by atoms with Gasteiger partial charge in [-0.15, -0.1) is 0 Å². The van der Waals surface area contributed by atoms with E-state index in [1.807, 2.05) is 22.6 Å². The summed E-state index contributed by atoms with van der Waals surface area (Å²) in [6.45, 7) is 0.286. The minimum Gasteiger partial charge on any atom is -0.296 e. The molecular weight excluding hydrogens is 426 g/mol. The van der Waals surface area contributed by atoms with Gasteiger partial charge in [0.05, 0.1) is 14.3 Å². The summed E-state index contributed by atoms with van der Waals surface area (Å²) in [5, 5.41) is 0.506. The van der Waals surface area contributed by atoms with Gasteiger partial charge in [0.1, 0.15) is 5.82 Å². The van der Waals surface area contributed by atoms with Gasteiger partial charge in [-0.3, -0.25) is 9.69 Å². The highest BCUT2D eigenvalue weighted by Gasteiger charge is 2.33. The molecule has 9 heteroatoms. The van der Waals surface area contributed by atoms with Crippen LogP contribution in [0.2, 0.25) is 5.02 Å². The normalized spacial score (nSPS) is 20.1. The fourth-order valence-corrected chi connectivity index (χ4v) is 3.71. The average Bonchev–Trinajstić information content (AvgIpc) is 2.61. The third-order valence-electron chi connectivity index (χ3n) is 2.71. The molecule has 1 amide bonds. The average molecular weight is 435 g/mol. The maximum absolute atomic E-state index is 11.9. The summed E-state index contributed by atoms with van der Waals surface area (Å²) < 4.78 is 22.9. The molecule has 19 heavy (non-hydrogen) atoms. The Hall–Kier alpha value is -0.120. The smallest absolute Gasteiger partial charge is 0.232 e. The molecule has 1 unspecified atom stereocenters. The van der Waals surface area contributed by atoms with Crippen molar-refractivity contribution in [3.8, 4) is 0 Å². The van der Waals surface area contributed by atoms with Gasteiger partial charge in [0, 0.05) is 41.8 Å². The molecule has 0 saturated carbocycles. The number of hydrogen-bond acceptors (Lipinski definition) is 4. The standard InChI is InChI=1S/C10H9Cl2IN2O3S/c11-7-2-9(14-3-8(7)13)15-4-6(1-10(15)16)5-19(12,17)18/h2-3,6H,1,4-5H2. The quantitative estimate of drug-likeness (QED) is 0.540. The van der Waals surface area contributed by atoms with Crippen LogP contribution in [0.4, 0.5) is 5.82 Å². The minimum atomic E-state index is -3.61. The molecular formula is C10H9Cl2IN2O3S. The molecule has 5 nitrogen and oxygen atoms in total. The van der Waals surface area contributed by atoms with Gasteiger partial charge in [0.25, 0.3) is 0 Å². The zero-order valence-electron chi connectivity index (χ0n) is 9.51. The Bertz CT molecular complexity index is 623. The number of carbonyl (C=O) groups excluding carboxylic acids is 1. The molecule has 0 N–H and O–H groups in total. The lowest BCUT2D eigenvalue weighted by atomic mass is 10.1. The van der Waals surface area contributed by atoms with E-state index >= 15 is 0 Å². The molecule has 1 aliphatic rings. The van der Waals surface area contributed by atoms with E-state index in [4.69, 9.17) is 22.3 Å². The summed E-state index contributed by atoms with van der Waals surface area (Å²) >= 11 is 8.02. The number of anilines is 1. The number of aromatic nitrogens is 1. The molecule has 104 valence electrons. The third-order valence-corrected chi connectivity index (χ3v) is 5.45. The molecule has 1 fully saturated rings. The molecule has 1 aliphatic heterocycles. The number of carbonyl (C=O) groups is 1. The lowest BCUT2D eigenvalue weighted by Crippen LogP contribution is -2.26. The molecule has 1 saturated heterocycles. The van der Waals surface area contributed by atoms with Crippen molar-refractivity contribution in [3.05, 3.63) is 20.9 Å². The Morgan fingerprint density at radius 2 is 2.21 bits per heavy atom. The second kappa shape index (κ2) is 5.71. The van der Waals surface area contributed by atoms with E-state index in [2.05, 4.69) is 4.98 Å². The second-order valence-corrected chi connectivity index (χ2v) is 8.63. The fourth-order valence-electron chi connectivity index (χ4n) is 1.95. The van der Waals surface area contributed by atoms with Gasteiger partial charge in [-0.2, -0.15) is 0 Å². The Kier molecular flexibility index (Phi) is 4.59. The zero-order chi connectivity index (χ0) is 14.2. The van der Waals surface area contributed by atoms with Gasteiger partial charge in [0.15, 0.2) is 0 Å². The summed E-state index contributed by atoms with van der Waals surface area (Å²) in [7, 11) is 1.60. The van der Waals surface area contributed by atoms with Gasteiger partial charge >= 0.3 is 0 Å². The summed E-state index contributed by atoms with van der Waals surface area (Å²) in [4.78, 5) is 17.4. The van der Waals surface area contributed by atoms with Gasteiger partial charge in [-0.25, -0.2) is 13.4 Å². The Morgan fingerprint density at radius 3 is 2.79 bits per heavy atom. The van der Waals surface area contributed by atoms with Crippen molar-refractivity contribution in [1.82, 2.24) is 4.98 Å².